The van der Waals surface area contributed by atoms with Crippen molar-refractivity contribution in [3.05, 3.63) is 140 Å². The molecule has 4 aliphatic heterocycles. The summed E-state index contributed by atoms with van der Waals surface area (Å²) in [6.07, 6.45) is 19.3. The van der Waals surface area contributed by atoms with Crippen LogP contribution in [0.4, 0.5) is 0 Å². The molecular weight excluding hydrogens is 785 g/mol. The number of hydrogen-bond donors (Lipinski definition) is 3. The molecule has 0 amide bonds. The number of aromatic amines is 3. The Kier molecular flexibility index (Phi) is 12.0. The predicted molar refractivity (Wildman–Crippen MR) is 272 cm³/mol. The van der Waals surface area contributed by atoms with E-state index in [1.807, 2.05) is 48.6 Å². The van der Waals surface area contributed by atoms with Gasteiger partial charge < -0.3 is 19.5 Å². The molecule has 0 aliphatic carbocycles. The van der Waals surface area contributed by atoms with Gasteiger partial charge in [-0.05, 0) is 183 Å². The van der Waals surface area contributed by atoms with Crippen LogP contribution in [0.15, 0.2) is 66.7 Å². The fourth-order valence-corrected chi connectivity index (χ4v) is 10.0. The van der Waals surface area contributed by atoms with E-state index in [0.29, 0.717) is 0 Å². The first-order chi connectivity index (χ1) is 31.3. The number of nitrogens with one attached hydrogen (secondary N) is 3. The van der Waals surface area contributed by atoms with Crippen molar-refractivity contribution in [2.24, 2.45) is 0 Å². The molecule has 6 aromatic rings. The third kappa shape index (κ3) is 8.02. The average molecular weight is 845 g/mol. The minimum atomic E-state index is 0.920. The molecule has 0 radical (unpaired) electrons. The van der Waals surface area contributed by atoms with E-state index in [0.717, 1.165) is 113 Å². The maximum absolute atomic E-state index is 5.61. The summed E-state index contributed by atoms with van der Waals surface area (Å²) in [7, 11) is 0. The van der Waals surface area contributed by atoms with Crippen LogP contribution in [0.1, 0.15) is 142 Å². The first kappa shape index (κ1) is 42.5. The second kappa shape index (κ2) is 18.1. The summed E-state index contributed by atoms with van der Waals surface area (Å²) in [4.78, 5) is 30.5. The van der Waals surface area contributed by atoms with Gasteiger partial charge in [0.1, 0.15) is 0 Å². The van der Waals surface area contributed by atoms with Gasteiger partial charge in [0.05, 0.1) is 51.1 Å². The molecule has 0 atom stereocenters. The van der Waals surface area contributed by atoms with Gasteiger partial charge in [-0.25, -0.2) is 19.9 Å². The number of fused-ring (bicyclic) bond motifs is 16. The van der Waals surface area contributed by atoms with E-state index in [-0.39, 0.29) is 0 Å². The van der Waals surface area contributed by atoms with Gasteiger partial charge in [-0.3, -0.25) is 0 Å². The molecule has 0 spiro atoms. The molecule has 3 N–H and O–H groups in total. The molecule has 4 aliphatic rings. The first-order valence-electron chi connectivity index (χ1n) is 23.5. The highest BCUT2D eigenvalue weighted by molar-refractivity contribution is 5.97. The Balaban J connectivity index is 0.000000182. The van der Waals surface area contributed by atoms with Crippen molar-refractivity contribution in [3.63, 3.8) is 0 Å². The topological polar surface area (TPSA) is 104 Å². The highest BCUT2D eigenvalue weighted by Crippen LogP contribution is 2.41. The number of hydrogen-bond acceptors (Lipinski definition) is 4. The van der Waals surface area contributed by atoms with Crippen LogP contribution in [-0.2, 0) is 38.6 Å². The second-order valence-corrected chi connectivity index (χ2v) is 16.7. The fourth-order valence-electron chi connectivity index (χ4n) is 10.0. The zero-order chi connectivity index (χ0) is 44.5. The van der Waals surface area contributed by atoms with Gasteiger partial charge >= 0.3 is 0 Å². The highest BCUT2D eigenvalue weighted by atomic mass is 15.0. The zero-order valence-electron chi connectivity index (χ0n) is 38.7. The molecule has 16 bridgehead atoms. The van der Waals surface area contributed by atoms with Crippen LogP contribution in [0.3, 0.4) is 0 Å². The van der Waals surface area contributed by atoms with Gasteiger partial charge in [0.2, 0.25) is 0 Å². The molecule has 0 saturated carbocycles. The Labute approximate surface area is 376 Å². The van der Waals surface area contributed by atoms with Crippen LogP contribution in [0, 0.1) is 0 Å². The molecule has 10 heterocycles. The van der Waals surface area contributed by atoms with E-state index in [4.69, 9.17) is 9.97 Å². The third-order valence-corrected chi connectivity index (χ3v) is 12.9. The number of H-pyrrole nitrogens is 3. The summed E-state index contributed by atoms with van der Waals surface area (Å²) >= 11 is 0. The summed E-state index contributed by atoms with van der Waals surface area (Å²) in [5, 5.41) is 0. The van der Waals surface area contributed by atoms with Crippen molar-refractivity contribution in [3.8, 4) is 0 Å². The molecule has 0 fully saturated rings. The lowest BCUT2D eigenvalue weighted by Gasteiger charge is -2.11. The number of rotatable bonds is 8. The Morgan fingerprint density at radius 3 is 1.22 bits per heavy atom. The minimum absolute atomic E-state index is 0.920. The van der Waals surface area contributed by atoms with Crippen LogP contribution in [-0.4, -0.2) is 39.5 Å². The van der Waals surface area contributed by atoms with Crippen LogP contribution in [0.2, 0.25) is 0 Å². The molecule has 0 unspecified atom stereocenters. The van der Waals surface area contributed by atoms with Gasteiger partial charge in [-0.15, -0.1) is 0 Å². The summed E-state index contributed by atoms with van der Waals surface area (Å²) in [6, 6.07) is 23.2. The lowest BCUT2D eigenvalue weighted by molar-refractivity contribution is 0.815. The van der Waals surface area contributed by atoms with Crippen LogP contribution >= 0.6 is 0 Å². The fraction of sp³-hybridized carbons (Fsp3) is 0.286. The van der Waals surface area contributed by atoms with Gasteiger partial charge in [0.25, 0.3) is 0 Å². The number of nitrogens with zero attached hydrogens (tertiary/aromatic N) is 5. The van der Waals surface area contributed by atoms with Crippen molar-refractivity contribution in [1.82, 2.24) is 39.5 Å². The molecular formula is C56H60N8. The highest BCUT2D eigenvalue weighted by Gasteiger charge is 2.26. The number of aromatic nitrogens is 8. The van der Waals surface area contributed by atoms with Crippen molar-refractivity contribution >= 4 is 91.7 Å². The van der Waals surface area contributed by atoms with E-state index >= 15 is 0 Å². The maximum Gasteiger partial charge on any atom is 0.0725 e. The summed E-state index contributed by atoms with van der Waals surface area (Å²) in [5.74, 6) is 0. The summed E-state index contributed by atoms with van der Waals surface area (Å²) in [6.45, 7) is 19.2. The lowest BCUT2D eigenvalue weighted by atomic mass is 9.93. The Morgan fingerprint density at radius 2 is 0.812 bits per heavy atom. The largest absolute Gasteiger partial charge is 0.355 e. The van der Waals surface area contributed by atoms with E-state index in [1.165, 1.54) is 66.9 Å². The van der Waals surface area contributed by atoms with Crippen LogP contribution in [0.25, 0.3) is 91.7 Å². The molecule has 8 heteroatoms. The minimum Gasteiger partial charge on any atom is -0.355 e. The van der Waals surface area contributed by atoms with Gasteiger partial charge in [-0.1, -0.05) is 48.5 Å². The van der Waals surface area contributed by atoms with Crippen LogP contribution in [0.5, 0.6) is 0 Å². The molecule has 0 saturated heterocycles. The van der Waals surface area contributed by atoms with Gasteiger partial charge in [0, 0.05) is 56.3 Å². The SMILES string of the molecule is C1=Cc2cc3ccc(cc4nc(cc5ccc(cc1n2)[nH]5)C=C4)[nH]3.CCC1=C(CC)c2nc1c(CC)c1[nH]c(cc3nc(cc4c(CC)c(CC)c(c2CC)n4CC)C=C3)cc1CC. The quantitative estimate of drug-likeness (QED) is 0.142. The third-order valence-electron chi connectivity index (χ3n) is 12.9. The predicted octanol–water partition coefficient (Wildman–Crippen LogP) is 14.2. The number of allylic oxidation sites excluding steroid dienone is 2. The maximum atomic E-state index is 5.61. The Morgan fingerprint density at radius 1 is 0.391 bits per heavy atom. The molecule has 324 valence electrons. The summed E-state index contributed by atoms with van der Waals surface area (Å²) < 4.78 is 2.55. The van der Waals surface area contributed by atoms with E-state index in [9.17, 15) is 0 Å². The molecule has 10 rings (SSSR count). The molecule has 6 aromatic heterocycles. The molecule has 8 nitrogen and oxygen atoms in total. The number of aryl methyl sites for hydroxylation is 6. The zero-order valence-corrected chi connectivity index (χ0v) is 38.7. The average Bonchev–Trinajstić information content (AvgIpc) is 4.17. The Hall–Kier alpha value is -6.80. The lowest BCUT2D eigenvalue weighted by Crippen LogP contribution is -2.00. The van der Waals surface area contributed by atoms with E-state index in [2.05, 4.69) is 139 Å². The molecule has 64 heavy (non-hydrogen) atoms. The van der Waals surface area contributed by atoms with Crippen molar-refractivity contribution in [2.75, 3.05) is 0 Å². The first-order valence-corrected chi connectivity index (χ1v) is 23.5. The second-order valence-electron chi connectivity index (χ2n) is 16.7. The molecule has 0 aromatic carbocycles. The van der Waals surface area contributed by atoms with Crippen LogP contribution < -0.4 is 0 Å². The van der Waals surface area contributed by atoms with Crippen molar-refractivity contribution < 1.29 is 0 Å². The normalized spacial score (nSPS) is 12.9. The summed E-state index contributed by atoms with van der Waals surface area (Å²) in [5.41, 5.74) is 27.2. The Bertz CT molecular complexity index is 3090. The smallest absolute Gasteiger partial charge is 0.0725 e. The van der Waals surface area contributed by atoms with E-state index < -0.39 is 0 Å². The van der Waals surface area contributed by atoms with Crippen molar-refractivity contribution in [1.29, 1.82) is 0 Å². The van der Waals surface area contributed by atoms with Gasteiger partial charge in [-0.2, -0.15) is 0 Å². The monoisotopic (exact) mass is 844 g/mol. The van der Waals surface area contributed by atoms with Crippen molar-refractivity contribution in [2.45, 2.75) is 107 Å². The standard InChI is InChI=1S/C36H46N4.C20H14N4/c1-9-22-19-25-20-23-17-18-24(37-23)21-32-26(10-2)29(13-5)36(40(32)16-8)31(15-7)35-28(12-4)27(11-3)34(39-35)30(14-6)33(22)38-25;1-2-14-10-16-5-6-18(23-16)12-20-8-7-19(24-20)11-17-4-3-15(22-17)9-13(1)21-14/h17-21,38H,9-16H2,1-8H3;1-12,21,24H. The van der Waals surface area contributed by atoms with E-state index in [1.54, 1.807) is 0 Å². The van der Waals surface area contributed by atoms with Gasteiger partial charge in [0.15, 0.2) is 0 Å².